The summed E-state index contributed by atoms with van der Waals surface area (Å²) in [7, 11) is 0. The topological polar surface area (TPSA) is 92.2 Å². The van der Waals surface area contributed by atoms with Crippen LogP contribution in [0.3, 0.4) is 0 Å². The predicted molar refractivity (Wildman–Crippen MR) is 63.4 cm³/mol. The van der Waals surface area contributed by atoms with Gasteiger partial charge in [0.05, 0.1) is 0 Å². The maximum atomic E-state index is 11.7. The molecule has 2 aromatic heterocycles. The first-order chi connectivity index (χ1) is 8.66. The third-order valence-corrected chi connectivity index (χ3v) is 2.11. The number of nitrogens with one attached hydrogen (secondary N) is 1. The van der Waals surface area contributed by atoms with Gasteiger partial charge in [-0.05, 0) is 24.3 Å². The summed E-state index contributed by atoms with van der Waals surface area (Å²) in [5.74, 6) is -1.42. The summed E-state index contributed by atoms with van der Waals surface area (Å²) in [6.45, 7) is 0. The highest BCUT2D eigenvalue weighted by Gasteiger charge is 2.09. The zero-order valence-corrected chi connectivity index (χ0v) is 9.20. The van der Waals surface area contributed by atoms with Crippen LogP contribution in [0, 0.1) is 0 Å². The lowest BCUT2D eigenvalue weighted by Crippen LogP contribution is -2.15. The zero-order valence-electron chi connectivity index (χ0n) is 9.20. The van der Waals surface area contributed by atoms with Gasteiger partial charge in [-0.25, -0.2) is 9.78 Å². The molecule has 2 heterocycles. The molecule has 0 unspecified atom stereocenters. The van der Waals surface area contributed by atoms with Gasteiger partial charge >= 0.3 is 5.97 Å². The number of amides is 1. The molecule has 6 nitrogen and oxygen atoms in total. The van der Waals surface area contributed by atoms with E-state index in [-0.39, 0.29) is 17.2 Å². The van der Waals surface area contributed by atoms with Gasteiger partial charge in [-0.15, -0.1) is 0 Å². The number of hydrogen-bond acceptors (Lipinski definition) is 4. The molecule has 18 heavy (non-hydrogen) atoms. The van der Waals surface area contributed by atoms with Crippen molar-refractivity contribution >= 4 is 17.7 Å². The van der Waals surface area contributed by atoms with E-state index in [1.165, 1.54) is 24.4 Å². The molecule has 0 aliphatic heterocycles. The molecule has 0 atom stereocenters. The van der Waals surface area contributed by atoms with Crippen molar-refractivity contribution in [1.29, 1.82) is 0 Å². The van der Waals surface area contributed by atoms with Crippen molar-refractivity contribution in [3.05, 3.63) is 54.0 Å². The van der Waals surface area contributed by atoms with E-state index in [0.717, 1.165) is 0 Å². The molecule has 90 valence electrons. The van der Waals surface area contributed by atoms with Crippen LogP contribution in [0.2, 0.25) is 0 Å². The number of nitrogens with zero attached hydrogens (tertiary/aromatic N) is 2. The Balaban J connectivity index is 2.17. The second-order valence-corrected chi connectivity index (χ2v) is 3.38. The minimum absolute atomic E-state index is 0.131. The second-order valence-electron chi connectivity index (χ2n) is 3.38. The van der Waals surface area contributed by atoms with Gasteiger partial charge in [0.1, 0.15) is 11.5 Å². The molecule has 0 aromatic carbocycles. The van der Waals surface area contributed by atoms with Crippen molar-refractivity contribution in [2.45, 2.75) is 0 Å². The molecule has 0 aliphatic carbocycles. The van der Waals surface area contributed by atoms with E-state index in [1.54, 1.807) is 18.2 Å². The average Bonchev–Trinajstić information content (AvgIpc) is 2.40. The van der Waals surface area contributed by atoms with Gasteiger partial charge in [0.15, 0.2) is 5.69 Å². The first kappa shape index (κ1) is 11.7. The highest BCUT2D eigenvalue weighted by Crippen LogP contribution is 2.06. The smallest absolute Gasteiger partial charge is 0.354 e. The van der Waals surface area contributed by atoms with Crippen molar-refractivity contribution < 1.29 is 14.7 Å². The van der Waals surface area contributed by atoms with Gasteiger partial charge < -0.3 is 10.4 Å². The Morgan fingerprint density at radius 1 is 1.06 bits per heavy atom. The van der Waals surface area contributed by atoms with Crippen LogP contribution in [-0.4, -0.2) is 27.0 Å². The zero-order chi connectivity index (χ0) is 13.0. The Morgan fingerprint density at radius 2 is 1.83 bits per heavy atom. The molecule has 2 aromatic rings. The molecule has 0 saturated heterocycles. The molecule has 0 bridgehead atoms. The number of pyridine rings is 2. The lowest BCUT2D eigenvalue weighted by atomic mass is 10.3. The number of carbonyl (C=O) groups is 2. The highest BCUT2D eigenvalue weighted by atomic mass is 16.4. The summed E-state index contributed by atoms with van der Waals surface area (Å²) < 4.78 is 0. The molecule has 2 rings (SSSR count). The fourth-order valence-electron chi connectivity index (χ4n) is 1.30. The van der Waals surface area contributed by atoms with Crippen LogP contribution >= 0.6 is 0 Å². The summed E-state index contributed by atoms with van der Waals surface area (Å²) >= 11 is 0. The van der Waals surface area contributed by atoms with Crippen molar-refractivity contribution in [1.82, 2.24) is 9.97 Å². The van der Waals surface area contributed by atoms with Crippen molar-refractivity contribution in [2.75, 3.05) is 5.32 Å². The lowest BCUT2D eigenvalue weighted by molar-refractivity contribution is 0.0690. The molecular formula is C12H9N3O3. The summed E-state index contributed by atoms with van der Waals surface area (Å²) in [6.07, 6.45) is 1.50. The van der Waals surface area contributed by atoms with Crippen LogP contribution in [0.1, 0.15) is 21.0 Å². The number of carboxylic acids is 1. The molecule has 1 amide bonds. The van der Waals surface area contributed by atoms with E-state index in [2.05, 4.69) is 15.3 Å². The van der Waals surface area contributed by atoms with Gasteiger partial charge in [-0.3, -0.25) is 9.78 Å². The molecule has 0 fully saturated rings. The number of rotatable bonds is 3. The summed E-state index contributed by atoms with van der Waals surface area (Å²) in [5, 5.41) is 11.3. The third-order valence-electron chi connectivity index (χ3n) is 2.11. The minimum atomic E-state index is -1.15. The summed E-state index contributed by atoms with van der Waals surface area (Å²) in [4.78, 5) is 30.1. The Kier molecular flexibility index (Phi) is 3.29. The van der Waals surface area contributed by atoms with Crippen molar-refractivity contribution in [3.8, 4) is 0 Å². The Morgan fingerprint density at radius 3 is 2.50 bits per heavy atom. The molecule has 2 N–H and O–H groups in total. The standard InChI is InChI=1S/C12H9N3O3/c16-11(8-4-1-2-7-13-8)15-10-6-3-5-9(14-10)12(17)18/h1-7H,(H,17,18)(H,14,15,16). The number of aromatic carboxylic acids is 1. The Hall–Kier alpha value is -2.76. The predicted octanol–water partition coefficient (Wildman–Crippen LogP) is 1.43. The van der Waals surface area contributed by atoms with Gasteiger partial charge in [-0.1, -0.05) is 12.1 Å². The van der Waals surface area contributed by atoms with Gasteiger partial charge in [0, 0.05) is 6.20 Å². The molecule has 0 aliphatic rings. The fourth-order valence-corrected chi connectivity index (χ4v) is 1.30. The minimum Gasteiger partial charge on any atom is -0.477 e. The van der Waals surface area contributed by atoms with Crippen LogP contribution in [0.5, 0.6) is 0 Å². The maximum Gasteiger partial charge on any atom is 0.354 e. The quantitative estimate of drug-likeness (QED) is 0.850. The fraction of sp³-hybridized carbons (Fsp3) is 0. The first-order valence-corrected chi connectivity index (χ1v) is 5.09. The number of aromatic nitrogens is 2. The first-order valence-electron chi connectivity index (χ1n) is 5.09. The van der Waals surface area contributed by atoms with Gasteiger partial charge in [0.2, 0.25) is 0 Å². The lowest BCUT2D eigenvalue weighted by Gasteiger charge is -2.04. The SMILES string of the molecule is O=C(O)c1cccc(NC(=O)c2ccccn2)n1. The summed E-state index contributed by atoms with van der Waals surface area (Å²) in [5.41, 5.74) is 0.105. The van der Waals surface area contributed by atoms with E-state index in [4.69, 9.17) is 5.11 Å². The Bertz CT molecular complexity index is 584. The number of hydrogen-bond donors (Lipinski definition) is 2. The van der Waals surface area contributed by atoms with Crippen molar-refractivity contribution in [2.24, 2.45) is 0 Å². The monoisotopic (exact) mass is 243 g/mol. The second kappa shape index (κ2) is 5.05. The van der Waals surface area contributed by atoms with Crippen LogP contribution in [0.25, 0.3) is 0 Å². The highest BCUT2D eigenvalue weighted by molar-refractivity contribution is 6.02. The maximum absolute atomic E-state index is 11.7. The van der Waals surface area contributed by atoms with Crippen molar-refractivity contribution in [3.63, 3.8) is 0 Å². The molecule has 0 saturated carbocycles. The van der Waals surface area contributed by atoms with E-state index in [0.29, 0.717) is 0 Å². The van der Waals surface area contributed by atoms with E-state index < -0.39 is 11.9 Å². The molecule has 6 heteroatoms. The number of anilines is 1. The Labute approximate surface area is 102 Å². The third kappa shape index (κ3) is 2.67. The number of carboxylic acid groups (broad SMARTS) is 1. The van der Waals surface area contributed by atoms with E-state index in [9.17, 15) is 9.59 Å². The average molecular weight is 243 g/mol. The largest absolute Gasteiger partial charge is 0.477 e. The van der Waals surface area contributed by atoms with Crippen LogP contribution in [0.15, 0.2) is 42.6 Å². The molecule has 0 spiro atoms. The summed E-state index contributed by atoms with van der Waals surface area (Å²) in [6, 6.07) is 9.29. The van der Waals surface area contributed by atoms with E-state index in [1.807, 2.05) is 0 Å². The molecule has 0 radical (unpaired) electrons. The van der Waals surface area contributed by atoms with Gasteiger partial charge in [0.25, 0.3) is 5.91 Å². The van der Waals surface area contributed by atoms with Gasteiger partial charge in [-0.2, -0.15) is 0 Å². The normalized spacial score (nSPS) is 9.78. The van der Waals surface area contributed by atoms with Crippen LogP contribution in [0.4, 0.5) is 5.82 Å². The molecular weight excluding hydrogens is 234 g/mol. The van der Waals surface area contributed by atoms with E-state index >= 15 is 0 Å². The number of carbonyl (C=O) groups excluding carboxylic acids is 1. The van der Waals surface area contributed by atoms with Crippen LogP contribution < -0.4 is 5.32 Å². The van der Waals surface area contributed by atoms with Crippen LogP contribution in [-0.2, 0) is 0 Å².